The molecule has 0 bridgehead atoms. The van der Waals surface area contributed by atoms with E-state index in [4.69, 9.17) is 0 Å². The van der Waals surface area contributed by atoms with Crippen molar-refractivity contribution in [3.63, 3.8) is 0 Å². The molecule has 2 saturated heterocycles. The van der Waals surface area contributed by atoms with Gasteiger partial charge in [0.15, 0.2) is 0 Å². The Balaban J connectivity index is 1.09. The highest BCUT2D eigenvalue weighted by Crippen LogP contribution is 2.21. The molecule has 2 aliphatic heterocycles. The first kappa shape index (κ1) is 24.5. The van der Waals surface area contributed by atoms with Crippen LogP contribution in [0.2, 0.25) is 0 Å². The second kappa shape index (κ2) is 12.2. The summed E-state index contributed by atoms with van der Waals surface area (Å²) >= 11 is 0. The number of nitrogens with zero attached hydrogens (tertiary/aromatic N) is 4. The van der Waals surface area contributed by atoms with Gasteiger partial charge in [0.25, 0.3) is 0 Å². The van der Waals surface area contributed by atoms with Gasteiger partial charge in [-0.3, -0.25) is 14.6 Å². The third kappa shape index (κ3) is 6.71. The molecule has 0 spiro atoms. The van der Waals surface area contributed by atoms with Crippen molar-refractivity contribution in [2.24, 2.45) is 5.92 Å². The van der Waals surface area contributed by atoms with Crippen molar-refractivity contribution in [1.29, 1.82) is 0 Å². The summed E-state index contributed by atoms with van der Waals surface area (Å²) in [6.07, 6.45) is 5.10. The zero-order valence-corrected chi connectivity index (χ0v) is 21.1. The van der Waals surface area contributed by atoms with Crippen molar-refractivity contribution in [2.45, 2.75) is 19.3 Å². The number of anilines is 2. The normalized spacial score (nSPS) is 19.2. The fourth-order valence-corrected chi connectivity index (χ4v) is 5.51. The van der Waals surface area contributed by atoms with Gasteiger partial charge in [-0.25, -0.2) is 4.98 Å². The molecule has 3 heterocycles. The number of piperidine rings is 1. The summed E-state index contributed by atoms with van der Waals surface area (Å²) in [5.74, 6) is 1.79. The van der Waals surface area contributed by atoms with E-state index in [-0.39, 0.29) is 5.91 Å². The molecule has 0 aliphatic carbocycles. The molecule has 0 saturated carbocycles. The first-order valence-electron chi connectivity index (χ1n) is 13.3. The van der Waals surface area contributed by atoms with Crippen LogP contribution in [0.4, 0.5) is 11.5 Å². The number of carbonyl (C=O) groups excluding carboxylic acids is 1. The molecule has 2 aliphatic rings. The Morgan fingerprint density at radius 1 is 0.861 bits per heavy atom. The third-order valence-corrected chi connectivity index (χ3v) is 7.36. The van der Waals surface area contributed by atoms with Crippen LogP contribution in [-0.4, -0.2) is 73.0 Å². The zero-order chi connectivity index (χ0) is 24.6. The topological polar surface area (TPSA) is 51.7 Å². The minimum Gasteiger partial charge on any atom is -0.354 e. The predicted octanol–water partition coefficient (Wildman–Crippen LogP) is 4.15. The molecule has 1 amide bonds. The Kier molecular flexibility index (Phi) is 8.26. The molecule has 36 heavy (non-hydrogen) atoms. The van der Waals surface area contributed by atoms with E-state index in [0.717, 1.165) is 75.7 Å². The van der Waals surface area contributed by atoms with E-state index in [0.29, 0.717) is 12.5 Å². The van der Waals surface area contributed by atoms with Crippen molar-refractivity contribution in [2.75, 3.05) is 62.6 Å². The maximum atomic E-state index is 13.0. The Bertz CT molecular complexity index is 1100. The highest BCUT2D eigenvalue weighted by atomic mass is 16.2. The van der Waals surface area contributed by atoms with Gasteiger partial charge in [-0.1, -0.05) is 54.6 Å². The van der Waals surface area contributed by atoms with Gasteiger partial charge in [0.1, 0.15) is 5.82 Å². The van der Waals surface area contributed by atoms with Crippen molar-refractivity contribution < 1.29 is 4.79 Å². The summed E-state index contributed by atoms with van der Waals surface area (Å²) in [5, 5.41) is 3.19. The molecular weight excluding hydrogens is 446 g/mol. The van der Waals surface area contributed by atoms with Crippen molar-refractivity contribution >= 4 is 17.4 Å². The number of rotatable bonds is 8. The molecule has 188 valence electrons. The van der Waals surface area contributed by atoms with Gasteiger partial charge in [0.2, 0.25) is 5.91 Å². The Morgan fingerprint density at radius 3 is 2.44 bits per heavy atom. The highest BCUT2D eigenvalue weighted by Gasteiger charge is 2.26. The first-order chi connectivity index (χ1) is 17.7. The number of pyridine rings is 1. The minimum atomic E-state index is 0.0835. The summed E-state index contributed by atoms with van der Waals surface area (Å²) in [6, 6.07) is 24.7. The van der Waals surface area contributed by atoms with E-state index in [1.807, 2.05) is 36.5 Å². The smallest absolute Gasteiger partial charge is 0.238 e. The maximum absolute atomic E-state index is 13.0. The lowest BCUT2D eigenvalue weighted by Crippen LogP contribution is -2.50. The third-order valence-electron chi connectivity index (χ3n) is 7.36. The quantitative estimate of drug-likeness (QED) is 0.522. The monoisotopic (exact) mass is 483 g/mol. The van der Waals surface area contributed by atoms with Gasteiger partial charge in [0.05, 0.1) is 6.54 Å². The number of para-hydroxylation sites is 1. The number of amides is 1. The summed E-state index contributed by atoms with van der Waals surface area (Å²) in [4.78, 5) is 24.8. The van der Waals surface area contributed by atoms with Gasteiger partial charge in [0, 0.05) is 51.2 Å². The fraction of sp³-hybridized carbons (Fsp3) is 0.400. The number of hydrogen-bond acceptors (Lipinski definition) is 5. The number of aromatic nitrogens is 1. The van der Waals surface area contributed by atoms with Crippen LogP contribution in [0.5, 0.6) is 0 Å². The largest absolute Gasteiger partial charge is 0.354 e. The second-order valence-corrected chi connectivity index (χ2v) is 10.1. The molecular formula is C30H37N5O. The molecule has 2 aromatic carbocycles. The van der Waals surface area contributed by atoms with Crippen molar-refractivity contribution in [3.8, 4) is 0 Å². The number of nitrogens with one attached hydrogen (secondary N) is 1. The van der Waals surface area contributed by atoms with Crippen LogP contribution in [-0.2, 0) is 11.2 Å². The minimum absolute atomic E-state index is 0.0835. The highest BCUT2D eigenvalue weighted by molar-refractivity contribution is 5.93. The van der Waals surface area contributed by atoms with E-state index in [1.54, 1.807) is 0 Å². The Morgan fingerprint density at radius 2 is 1.64 bits per heavy atom. The van der Waals surface area contributed by atoms with Gasteiger partial charge in [-0.05, 0) is 61.1 Å². The average molecular weight is 484 g/mol. The van der Waals surface area contributed by atoms with E-state index >= 15 is 0 Å². The molecule has 1 unspecified atom stereocenters. The van der Waals surface area contributed by atoms with Crippen LogP contribution in [0.15, 0.2) is 79.0 Å². The van der Waals surface area contributed by atoms with Crippen LogP contribution in [0.3, 0.4) is 0 Å². The average Bonchev–Trinajstić information content (AvgIpc) is 2.91. The Labute approximate surface area is 214 Å². The molecule has 1 aromatic heterocycles. The molecule has 1 N–H and O–H groups in total. The van der Waals surface area contributed by atoms with Crippen molar-refractivity contribution in [1.82, 2.24) is 14.8 Å². The first-order valence-corrected chi connectivity index (χ1v) is 13.3. The maximum Gasteiger partial charge on any atom is 0.238 e. The molecule has 0 radical (unpaired) electrons. The number of hydrogen-bond donors (Lipinski definition) is 1. The molecule has 3 aromatic rings. The summed E-state index contributed by atoms with van der Waals surface area (Å²) in [7, 11) is 0. The van der Waals surface area contributed by atoms with E-state index in [1.165, 1.54) is 12.0 Å². The predicted molar refractivity (Wildman–Crippen MR) is 146 cm³/mol. The van der Waals surface area contributed by atoms with Crippen LogP contribution < -0.4 is 10.2 Å². The summed E-state index contributed by atoms with van der Waals surface area (Å²) in [6.45, 7) is 7.79. The molecule has 1 atom stereocenters. The lowest BCUT2D eigenvalue weighted by atomic mass is 9.97. The Hall–Kier alpha value is -3.22. The molecule has 6 nitrogen and oxygen atoms in total. The number of likely N-dealkylation sites (tertiary alicyclic amines) is 1. The zero-order valence-electron chi connectivity index (χ0n) is 21.1. The number of carbonyl (C=O) groups is 1. The lowest BCUT2D eigenvalue weighted by molar-refractivity contribution is -0.117. The van der Waals surface area contributed by atoms with Crippen LogP contribution >= 0.6 is 0 Å². The number of benzene rings is 2. The van der Waals surface area contributed by atoms with E-state index in [2.05, 4.69) is 67.5 Å². The molecule has 2 fully saturated rings. The molecule has 5 rings (SSSR count). The summed E-state index contributed by atoms with van der Waals surface area (Å²) in [5.41, 5.74) is 3.32. The van der Waals surface area contributed by atoms with Gasteiger partial charge < -0.3 is 10.2 Å². The summed E-state index contributed by atoms with van der Waals surface area (Å²) < 4.78 is 0. The van der Waals surface area contributed by atoms with Gasteiger partial charge in [-0.2, -0.15) is 0 Å². The van der Waals surface area contributed by atoms with E-state index < -0.39 is 0 Å². The second-order valence-electron chi connectivity index (χ2n) is 10.1. The van der Waals surface area contributed by atoms with Crippen LogP contribution in [0, 0.1) is 5.92 Å². The molecule has 6 heteroatoms. The fourth-order valence-electron chi connectivity index (χ4n) is 5.51. The lowest BCUT2D eigenvalue weighted by Gasteiger charge is -2.39. The van der Waals surface area contributed by atoms with Crippen LogP contribution in [0.25, 0.3) is 0 Å². The standard InChI is InChI=1S/C30H37N5O/c36-30(32-28-13-5-4-12-27(28)21-25-9-2-1-3-10-25)24-34-16-8-11-26(23-34)22-33-17-19-35(20-18-33)29-14-6-7-15-31-29/h1-7,9-10,12-15,26H,8,11,16-24H2,(H,32,36). The van der Waals surface area contributed by atoms with Crippen molar-refractivity contribution in [3.05, 3.63) is 90.1 Å². The van der Waals surface area contributed by atoms with Crippen LogP contribution in [0.1, 0.15) is 24.0 Å². The van der Waals surface area contributed by atoms with E-state index in [9.17, 15) is 4.79 Å². The SMILES string of the molecule is O=C(CN1CCCC(CN2CCN(c3ccccn3)CC2)C1)Nc1ccccc1Cc1ccccc1. The van der Waals surface area contributed by atoms with Gasteiger partial charge >= 0.3 is 0 Å². The van der Waals surface area contributed by atoms with Gasteiger partial charge in [-0.15, -0.1) is 0 Å². The number of piperazine rings is 1.